The molecule has 108 valence electrons. The molecule has 6 heteroatoms. The molecule has 1 aliphatic heterocycles. The molecule has 1 saturated heterocycles. The second-order valence-electron chi connectivity index (χ2n) is 5.64. The van der Waals surface area contributed by atoms with Crippen LogP contribution >= 0.6 is 0 Å². The van der Waals surface area contributed by atoms with E-state index >= 15 is 0 Å². The Labute approximate surface area is 113 Å². The zero-order valence-corrected chi connectivity index (χ0v) is 11.5. The highest BCUT2D eigenvalue weighted by Gasteiger charge is 2.40. The van der Waals surface area contributed by atoms with Crippen LogP contribution in [0.5, 0.6) is 0 Å². The SMILES string of the molecule is CC(C)C(C(=O)O)N1CCOCC1C(=O)NC1CC1. The van der Waals surface area contributed by atoms with Crippen LogP contribution < -0.4 is 5.32 Å². The second kappa shape index (κ2) is 5.88. The number of amides is 1. The third-order valence-electron chi connectivity index (χ3n) is 3.64. The minimum absolute atomic E-state index is 0.0492. The van der Waals surface area contributed by atoms with Gasteiger partial charge in [-0.3, -0.25) is 14.5 Å². The van der Waals surface area contributed by atoms with Gasteiger partial charge in [0, 0.05) is 12.6 Å². The molecule has 0 aromatic rings. The van der Waals surface area contributed by atoms with E-state index in [1.807, 2.05) is 13.8 Å². The first-order valence-corrected chi connectivity index (χ1v) is 6.87. The van der Waals surface area contributed by atoms with E-state index in [9.17, 15) is 14.7 Å². The Bertz CT molecular complexity index is 355. The molecule has 0 bridgehead atoms. The van der Waals surface area contributed by atoms with Gasteiger partial charge in [-0.2, -0.15) is 0 Å². The van der Waals surface area contributed by atoms with Gasteiger partial charge in [0.05, 0.1) is 13.2 Å². The summed E-state index contributed by atoms with van der Waals surface area (Å²) in [5.41, 5.74) is 0. The maximum atomic E-state index is 12.2. The molecular weight excluding hydrogens is 248 g/mol. The molecule has 6 nitrogen and oxygen atoms in total. The molecule has 1 amide bonds. The summed E-state index contributed by atoms with van der Waals surface area (Å²) < 4.78 is 5.35. The molecule has 2 aliphatic rings. The third-order valence-corrected chi connectivity index (χ3v) is 3.64. The summed E-state index contributed by atoms with van der Waals surface area (Å²) in [5.74, 6) is -1.03. The van der Waals surface area contributed by atoms with Crippen LogP contribution in [0.4, 0.5) is 0 Å². The van der Waals surface area contributed by atoms with Crippen molar-refractivity contribution < 1.29 is 19.4 Å². The Morgan fingerprint density at radius 2 is 2.05 bits per heavy atom. The summed E-state index contributed by atoms with van der Waals surface area (Å²) in [4.78, 5) is 25.4. The van der Waals surface area contributed by atoms with Crippen molar-refractivity contribution >= 4 is 11.9 Å². The van der Waals surface area contributed by atoms with E-state index in [0.29, 0.717) is 13.2 Å². The number of morpholine rings is 1. The molecule has 0 radical (unpaired) electrons. The number of nitrogens with zero attached hydrogens (tertiary/aromatic N) is 1. The summed E-state index contributed by atoms with van der Waals surface area (Å²) in [5, 5.41) is 12.3. The normalized spacial score (nSPS) is 26.2. The monoisotopic (exact) mass is 270 g/mol. The van der Waals surface area contributed by atoms with Gasteiger partial charge < -0.3 is 15.2 Å². The van der Waals surface area contributed by atoms with Crippen molar-refractivity contribution in [2.24, 2.45) is 5.92 Å². The topological polar surface area (TPSA) is 78.9 Å². The Balaban J connectivity index is 2.08. The van der Waals surface area contributed by atoms with Crippen molar-refractivity contribution in [1.82, 2.24) is 10.2 Å². The molecule has 2 fully saturated rings. The molecule has 2 unspecified atom stereocenters. The summed E-state index contributed by atoms with van der Waals surface area (Å²) in [6.07, 6.45) is 2.04. The van der Waals surface area contributed by atoms with E-state index in [-0.39, 0.29) is 24.5 Å². The van der Waals surface area contributed by atoms with Gasteiger partial charge in [-0.15, -0.1) is 0 Å². The number of carboxylic acids is 1. The second-order valence-corrected chi connectivity index (χ2v) is 5.64. The zero-order chi connectivity index (χ0) is 14.0. The number of nitrogens with one attached hydrogen (secondary N) is 1. The van der Waals surface area contributed by atoms with E-state index in [4.69, 9.17) is 4.74 Å². The van der Waals surface area contributed by atoms with E-state index in [1.54, 1.807) is 4.90 Å². The molecule has 1 saturated carbocycles. The number of rotatable bonds is 5. The van der Waals surface area contributed by atoms with Crippen molar-refractivity contribution in [3.8, 4) is 0 Å². The van der Waals surface area contributed by atoms with E-state index in [1.165, 1.54) is 0 Å². The molecule has 1 heterocycles. The first-order valence-electron chi connectivity index (χ1n) is 6.87. The van der Waals surface area contributed by atoms with Crippen LogP contribution in [0.1, 0.15) is 26.7 Å². The van der Waals surface area contributed by atoms with Crippen LogP contribution in [-0.2, 0) is 14.3 Å². The number of hydrogen-bond acceptors (Lipinski definition) is 4. The van der Waals surface area contributed by atoms with Gasteiger partial charge in [0.15, 0.2) is 0 Å². The first-order chi connectivity index (χ1) is 9.00. The van der Waals surface area contributed by atoms with Crippen molar-refractivity contribution in [3.63, 3.8) is 0 Å². The average Bonchev–Trinajstić information content (AvgIpc) is 3.12. The van der Waals surface area contributed by atoms with Crippen LogP contribution in [0.2, 0.25) is 0 Å². The Morgan fingerprint density at radius 1 is 1.37 bits per heavy atom. The van der Waals surface area contributed by atoms with E-state index in [2.05, 4.69) is 5.32 Å². The fourth-order valence-electron chi connectivity index (χ4n) is 2.51. The molecule has 19 heavy (non-hydrogen) atoms. The molecule has 2 rings (SSSR count). The molecule has 1 aliphatic carbocycles. The molecule has 2 N–H and O–H groups in total. The van der Waals surface area contributed by atoms with Crippen molar-refractivity contribution in [1.29, 1.82) is 0 Å². The number of aliphatic carboxylic acids is 1. The largest absolute Gasteiger partial charge is 0.480 e. The minimum atomic E-state index is -0.874. The lowest BCUT2D eigenvalue weighted by Crippen LogP contribution is -2.60. The molecular formula is C13H22N2O4. The average molecular weight is 270 g/mol. The van der Waals surface area contributed by atoms with Crippen molar-refractivity contribution in [2.45, 2.75) is 44.8 Å². The predicted molar refractivity (Wildman–Crippen MR) is 68.7 cm³/mol. The Kier molecular flexibility index (Phi) is 4.42. The molecule has 0 spiro atoms. The highest BCUT2D eigenvalue weighted by Crippen LogP contribution is 2.22. The number of hydrogen-bond donors (Lipinski definition) is 2. The highest BCUT2D eigenvalue weighted by molar-refractivity contribution is 5.84. The number of ether oxygens (including phenoxy) is 1. The fraction of sp³-hybridized carbons (Fsp3) is 0.846. The smallest absolute Gasteiger partial charge is 0.321 e. The number of carboxylic acid groups (broad SMARTS) is 1. The maximum absolute atomic E-state index is 12.2. The standard InChI is InChI=1S/C13H22N2O4/c1-8(2)11(13(17)18)15-5-6-19-7-10(15)12(16)14-9-3-4-9/h8-11H,3-7H2,1-2H3,(H,14,16)(H,17,18). The molecule has 0 aromatic heterocycles. The van der Waals surface area contributed by atoms with E-state index < -0.39 is 18.1 Å². The van der Waals surface area contributed by atoms with Crippen LogP contribution in [-0.4, -0.2) is 59.8 Å². The van der Waals surface area contributed by atoms with Gasteiger partial charge in [-0.1, -0.05) is 13.8 Å². The first kappa shape index (κ1) is 14.3. The van der Waals surface area contributed by atoms with Gasteiger partial charge in [-0.05, 0) is 18.8 Å². The third kappa shape index (κ3) is 3.45. The van der Waals surface area contributed by atoms with Gasteiger partial charge in [0.1, 0.15) is 12.1 Å². The summed E-state index contributed by atoms with van der Waals surface area (Å²) in [6.45, 7) is 4.96. The summed E-state index contributed by atoms with van der Waals surface area (Å²) in [6, 6.07) is -0.852. The van der Waals surface area contributed by atoms with Gasteiger partial charge in [0.2, 0.25) is 5.91 Å². The quantitative estimate of drug-likeness (QED) is 0.739. The van der Waals surface area contributed by atoms with Crippen molar-refractivity contribution in [2.75, 3.05) is 19.8 Å². The van der Waals surface area contributed by atoms with Crippen molar-refractivity contribution in [3.05, 3.63) is 0 Å². The van der Waals surface area contributed by atoms with Gasteiger partial charge in [0.25, 0.3) is 0 Å². The lowest BCUT2D eigenvalue weighted by Gasteiger charge is -2.39. The van der Waals surface area contributed by atoms with Gasteiger partial charge >= 0.3 is 5.97 Å². The van der Waals surface area contributed by atoms with E-state index in [0.717, 1.165) is 12.8 Å². The predicted octanol–water partition coefficient (Wildman–Crippen LogP) is 0.0750. The highest BCUT2D eigenvalue weighted by atomic mass is 16.5. The number of carbonyl (C=O) groups is 2. The summed E-state index contributed by atoms with van der Waals surface area (Å²) in [7, 11) is 0. The van der Waals surface area contributed by atoms with Crippen LogP contribution in [0.3, 0.4) is 0 Å². The lowest BCUT2D eigenvalue weighted by atomic mass is 9.99. The maximum Gasteiger partial charge on any atom is 0.321 e. The molecule has 2 atom stereocenters. The van der Waals surface area contributed by atoms with Crippen LogP contribution in [0.15, 0.2) is 0 Å². The van der Waals surface area contributed by atoms with Crippen LogP contribution in [0, 0.1) is 5.92 Å². The zero-order valence-electron chi connectivity index (χ0n) is 11.5. The van der Waals surface area contributed by atoms with Crippen LogP contribution in [0.25, 0.3) is 0 Å². The Hall–Kier alpha value is -1.14. The molecule has 0 aromatic carbocycles. The van der Waals surface area contributed by atoms with Gasteiger partial charge in [-0.25, -0.2) is 0 Å². The Morgan fingerprint density at radius 3 is 2.58 bits per heavy atom. The number of carbonyl (C=O) groups excluding carboxylic acids is 1. The fourth-order valence-corrected chi connectivity index (χ4v) is 2.51. The lowest BCUT2D eigenvalue weighted by molar-refractivity contribution is -0.153. The minimum Gasteiger partial charge on any atom is -0.480 e. The summed E-state index contributed by atoms with van der Waals surface area (Å²) >= 11 is 0.